The average molecular weight is 324 g/mol. The number of rotatable bonds is 7. The standard InChI is InChI=1S/C18H20N4O2/c1-14-6-7-17(23)16(21-14)12-20-15-4-2-3-5-18(15)24-11-10-22-9-8-19-13-22/h2-9,13,20,23H,10-12H2,1H3. The molecule has 2 aromatic heterocycles. The zero-order valence-electron chi connectivity index (χ0n) is 13.5. The molecule has 0 spiro atoms. The SMILES string of the molecule is Cc1ccc(O)c(CNc2ccccc2OCCn2ccnc2)n1. The second kappa shape index (κ2) is 7.50. The van der Waals surface area contributed by atoms with Crippen molar-refractivity contribution in [2.24, 2.45) is 0 Å². The number of imidazole rings is 1. The van der Waals surface area contributed by atoms with Crippen LogP contribution in [0.4, 0.5) is 5.69 Å². The fourth-order valence-electron chi connectivity index (χ4n) is 2.33. The first kappa shape index (κ1) is 15.9. The normalized spacial score (nSPS) is 10.5. The summed E-state index contributed by atoms with van der Waals surface area (Å²) in [5.41, 5.74) is 2.35. The molecule has 2 N–H and O–H groups in total. The van der Waals surface area contributed by atoms with Crippen LogP contribution in [-0.2, 0) is 13.1 Å². The molecule has 0 amide bonds. The van der Waals surface area contributed by atoms with E-state index in [0.717, 1.165) is 23.7 Å². The van der Waals surface area contributed by atoms with Gasteiger partial charge < -0.3 is 19.7 Å². The van der Waals surface area contributed by atoms with Gasteiger partial charge in [0.2, 0.25) is 0 Å². The molecule has 3 rings (SSSR count). The predicted octanol–water partition coefficient (Wildman–Crippen LogP) is 2.98. The van der Waals surface area contributed by atoms with E-state index in [2.05, 4.69) is 15.3 Å². The number of aryl methyl sites for hydroxylation is 1. The molecule has 0 unspecified atom stereocenters. The maximum atomic E-state index is 9.89. The molecule has 0 saturated carbocycles. The van der Waals surface area contributed by atoms with Crippen molar-refractivity contribution in [2.75, 3.05) is 11.9 Å². The van der Waals surface area contributed by atoms with E-state index < -0.39 is 0 Å². The van der Waals surface area contributed by atoms with Gasteiger partial charge in [-0.05, 0) is 31.2 Å². The largest absolute Gasteiger partial charge is 0.506 e. The summed E-state index contributed by atoms with van der Waals surface area (Å²) in [6.45, 7) is 3.60. The topological polar surface area (TPSA) is 72.2 Å². The molecule has 0 radical (unpaired) electrons. The molecule has 0 aliphatic rings. The summed E-state index contributed by atoms with van der Waals surface area (Å²) in [6.07, 6.45) is 5.41. The number of pyridine rings is 1. The maximum Gasteiger partial charge on any atom is 0.142 e. The highest BCUT2D eigenvalue weighted by Crippen LogP contribution is 2.25. The molecular weight excluding hydrogens is 304 g/mol. The number of ether oxygens (including phenoxy) is 1. The third-order valence-corrected chi connectivity index (χ3v) is 3.59. The van der Waals surface area contributed by atoms with Crippen LogP contribution in [0.2, 0.25) is 0 Å². The van der Waals surface area contributed by atoms with E-state index in [4.69, 9.17) is 4.74 Å². The Morgan fingerprint density at radius 3 is 2.92 bits per heavy atom. The number of nitrogens with one attached hydrogen (secondary N) is 1. The van der Waals surface area contributed by atoms with Crippen LogP contribution in [0.3, 0.4) is 0 Å². The number of hydrogen-bond acceptors (Lipinski definition) is 5. The molecule has 0 aliphatic heterocycles. The molecule has 1 aromatic carbocycles. The quantitative estimate of drug-likeness (QED) is 0.699. The van der Waals surface area contributed by atoms with Gasteiger partial charge in [-0.3, -0.25) is 4.98 Å². The number of aromatic nitrogens is 3. The minimum atomic E-state index is 0.187. The Balaban J connectivity index is 1.62. The second-order valence-corrected chi connectivity index (χ2v) is 5.42. The zero-order chi connectivity index (χ0) is 16.8. The molecule has 124 valence electrons. The Morgan fingerprint density at radius 2 is 2.08 bits per heavy atom. The number of anilines is 1. The highest BCUT2D eigenvalue weighted by molar-refractivity contribution is 5.56. The zero-order valence-corrected chi connectivity index (χ0v) is 13.5. The molecule has 6 heteroatoms. The van der Waals surface area contributed by atoms with Crippen LogP contribution in [0.1, 0.15) is 11.4 Å². The summed E-state index contributed by atoms with van der Waals surface area (Å²) in [7, 11) is 0. The molecule has 24 heavy (non-hydrogen) atoms. The first-order valence-corrected chi connectivity index (χ1v) is 7.79. The van der Waals surface area contributed by atoms with Crippen molar-refractivity contribution in [3.8, 4) is 11.5 Å². The van der Waals surface area contributed by atoms with Gasteiger partial charge in [0, 0.05) is 18.1 Å². The molecule has 0 fully saturated rings. The third-order valence-electron chi connectivity index (χ3n) is 3.59. The monoisotopic (exact) mass is 324 g/mol. The van der Waals surface area contributed by atoms with E-state index in [1.54, 1.807) is 24.7 Å². The van der Waals surface area contributed by atoms with E-state index in [9.17, 15) is 5.11 Å². The number of nitrogens with zero attached hydrogens (tertiary/aromatic N) is 3. The first-order chi connectivity index (χ1) is 11.7. The van der Waals surface area contributed by atoms with Gasteiger partial charge in [0.1, 0.15) is 23.8 Å². The van der Waals surface area contributed by atoms with Crippen molar-refractivity contribution in [3.05, 3.63) is 66.5 Å². The fraction of sp³-hybridized carbons (Fsp3) is 0.222. The Labute approximate surface area is 140 Å². The van der Waals surface area contributed by atoms with Crippen LogP contribution >= 0.6 is 0 Å². The smallest absolute Gasteiger partial charge is 0.142 e. The van der Waals surface area contributed by atoms with Crippen LogP contribution in [-0.4, -0.2) is 26.2 Å². The van der Waals surface area contributed by atoms with Gasteiger partial charge in [0.25, 0.3) is 0 Å². The fourth-order valence-corrected chi connectivity index (χ4v) is 2.33. The lowest BCUT2D eigenvalue weighted by Crippen LogP contribution is -2.09. The van der Waals surface area contributed by atoms with Gasteiger partial charge in [-0.15, -0.1) is 0 Å². The van der Waals surface area contributed by atoms with E-state index in [-0.39, 0.29) is 5.75 Å². The summed E-state index contributed by atoms with van der Waals surface area (Å²) in [5.74, 6) is 0.955. The molecule has 0 bridgehead atoms. The Kier molecular flexibility index (Phi) is 4.96. The maximum absolute atomic E-state index is 9.89. The Hall–Kier alpha value is -3.02. The Morgan fingerprint density at radius 1 is 1.21 bits per heavy atom. The van der Waals surface area contributed by atoms with Gasteiger partial charge in [0.15, 0.2) is 0 Å². The number of hydrogen-bond donors (Lipinski definition) is 2. The van der Waals surface area contributed by atoms with Crippen molar-refractivity contribution in [1.82, 2.24) is 14.5 Å². The van der Waals surface area contributed by atoms with Gasteiger partial charge in [-0.1, -0.05) is 12.1 Å². The van der Waals surface area contributed by atoms with Crippen LogP contribution in [0.25, 0.3) is 0 Å². The number of para-hydroxylation sites is 2. The minimum Gasteiger partial charge on any atom is -0.506 e. The highest BCUT2D eigenvalue weighted by Gasteiger charge is 2.06. The third kappa shape index (κ3) is 4.04. The summed E-state index contributed by atoms with van der Waals surface area (Å²) in [4.78, 5) is 8.36. The summed E-state index contributed by atoms with van der Waals surface area (Å²) >= 11 is 0. The van der Waals surface area contributed by atoms with Crippen LogP contribution in [0, 0.1) is 6.92 Å². The van der Waals surface area contributed by atoms with E-state index >= 15 is 0 Å². The van der Waals surface area contributed by atoms with Crippen molar-refractivity contribution in [1.29, 1.82) is 0 Å². The van der Waals surface area contributed by atoms with E-state index in [0.29, 0.717) is 18.8 Å². The summed E-state index contributed by atoms with van der Waals surface area (Å²) < 4.78 is 7.82. The van der Waals surface area contributed by atoms with Gasteiger partial charge in [-0.2, -0.15) is 0 Å². The summed E-state index contributed by atoms with van der Waals surface area (Å²) in [6, 6.07) is 11.2. The second-order valence-electron chi connectivity index (χ2n) is 5.42. The lowest BCUT2D eigenvalue weighted by atomic mass is 10.2. The molecule has 3 aromatic rings. The van der Waals surface area contributed by atoms with Crippen molar-refractivity contribution in [3.63, 3.8) is 0 Å². The minimum absolute atomic E-state index is 0.187. The molecule has 0 saturated heterocycles. The van der Waals surface area contributed by atoms with Crippen molar-refractivity contribution in [2.45, 2.75) is 20.0 Å². The van der Waals surface area contributed by atoms with Crippen LogP contribution in [0.5, 0.6) is 11.5 Å². The number of aromatic hydroxyl groups is 1. The summed E-state index contributed by atoms with van der Waals surface area (Å²) in [5, 5.41) is 13.2. The van der Waals surface area contributed by atoms with Gasteiger partial charge in [-0.25, -0.2) is 4.98 Å². The molecule has 0 atom stereocenters. The lowest BCUT2D eigenvalue weighted by molar-refractivity contribution is 0.299. The van der Waals surface area contributed by atoms with Crippen LogP contribution in [0.15, 0.2) is 55.1 Å². The van der Waals surface area contributed by atoms with Crippen molar-refractivity contribution >= 4 is 5.69 Å². The van der Waals surface area contributed by atoms with Crippen molar-refractivity contribution < 1.29 is 9.84 Å². The molecule has 6 nitrogen and oxygen atoms in total. The first-order valence-electron chi connectivity index (χ1n) is 7.79. The molecular formula is C18H20N4O2. The van der Waals surface area contributed by atoms with Gasteiger partial charge >= 0.3 is 0 Å². The highest BCUT2D eigenvalue weighted by atomic mass is 16.5. The Bertz CT molecular complexity index is 787. The van der Waals surface area contributed by atoms with E-state index in [1.807, 2.05) is 42.0 Å². The average Bonchev–Trinajstić information content (AvgIpc) is 3.10. The van der Waals surface area contributed by atoms with E-state index in [1.165, 1.54) is 0 Å². The predicted molar refractivity (Wildman–Crippen MR) is 92.1 cm³/mol. The lowest BCUT2D eigenvalue weighted by Gasteiger charge is -2.14. The van der Waals surface area contributed by atoms with Crippen LogP contribution < -0.4 is 10.1 Å². The molecule has 0 aliphatic carbocycles. The van der Waals surface area contributed by atoms with Gasteiger partial charge in [0.05, 0.1) is 25.1 Å². The number of benzene rings is 1. The molecule has 2 heterocycles.